The second-order valence-electron chi connectivity index (χ2n) is 6.27. The van der Waals surface area contributed by atoms with Crippen molar-refractivity contribution in [2.75, 3.05) is 20.1 Å². The van der Waals surface area contributed by atoms with Crippen LogP contribution in [0.25, 0.3) is 0 Å². The number of carbonyl (C=O) groups is 1. The molecule has 116 valence electrons. The van der Waals surface area contributed by atoms with Gasteiger partial charge in [-0.1, -0.05) is 6.92 Å². The van der Waals surface area contributed by atoms with Gasteiger partial charge in [0, 0.05) is 18.6 Å². The van der Waals surface area contributed by atoms with Gasteiger partial charge in [-0.25, -0.2) is 4.98 Å². The van der Waals surface area contributed by atoms with Gasteiger partial charge in [-0.3, -0.25) is 4.79 Å². The average Bonchev–Trinajstić information content (AvgIpc) is 3.16. The molecule has 3 rings (SSSR count). The third-order valence-electron chi connectivity index (χ3n) is 4.92. The Labute approximate surface area is 131 Å². The van der Waals surface area contributed by atoms with Gasteiger partial charge in [-0.2, -0.15) is 0 Å². The van der Waals surface area contributed by atoms with E-state index in [1.807, 2.05) is 6.92 Å². The zero-order chi connectivity index (χ0) is 15.0. The van der Waals surface area contributed by atoms with E-state index in [-0.39, 0.29) is 5.91 Å². The molecular weight excluding hydrogens is 282 g/mol. The van der Waals surface area contributed by atoms with Gasteiger partial charge in [0.25, 0.3) is 5.91 Å². The number of thiazole rings is 1. The van der Waals surface area contributed by atoms with Gasteiger partial charge in [-0.15, -0.1) is 11.3 Å². The van der Waals surface area contributed by atoms with Crippen LogP contribution < -0.4 is 0 Å². The van der Waals surface area contributed by atoms with Crippen molar-refractivity contribution in [2.24, 2.45) is 0 Å². The topological polar surface area (TPSA) is 36.4 Å². The molecule has 0 bridgehead atoms. The number of nitrogens with zero attached hydrogens (tertiary/aromatic N) is 3. The van der Waals surface area contributed by atoms with Crippen molar-refractivity contribution in [2.45, 2.75) is 58.0 Å². The van der Waals surface area contributed by atoms with Crippen LogP contribution >= 0.6 is 11.3 Å². The minimum atomic E-state index is 0.215. The van der Waals surface area contributed by atoms with E-state index in [0.717, 1.165) is 41.4 Å². The number of aryl methyl sites for hydroxylation is 2. The standard InChI is InChI=1S/C16H25N3OS/c1-4-14-17-11(2)15(21-14)16(20)19-10-6-8-13(19)12-7-5-9-18(12)3/h12-13H,4-10H2,1-3H3/t12-,13-/m1/s1. The van der Waals surface area contributed by atoms with Gasteiger partial charge >= 0.3 is 0 Å². The predicted octanol–water partition coefficient (Wildman–Crippen LogP) is 2.71. The number of likely N-dealkylation sites (tertiary alicyclic amines) is 2. The van der Waals surface area contributed by atoms with Crippen LogP contribution in [-0.2, 0) is 6.42 Å². The number of rotatable bonds is 3. The van der Waals surface area contributed by atoms with Crippen molar-refractivity contribution in [1.82, 2.24) is 14.8 Å². The number of likely N-dealkylation sites (N-methyl/N-ethyl adjacent to an activating group) is 1. The molecular formula is C16H25N3OS. The van der Waals surface area contributed by atoms with Crippen LogP contribution in [0, 0.1) is 6.92 Å². The van der Waals surface area contributed by atoms with Gasteiger partial charge in [-0.05, 0) is 52.6 Å². The minimum absolute atomic E-state index is 0.215. The highest BCUT2D eigenvalue weighted by molar-refractivity contribution is 7.13. The fourth-order valence-electron chi connectivity index (χ4n) is 3.80. The van der Waals surface area contributed by atoms with E-state index in [1.54, 1.807) is 11.3 Å². The molecule has 0 aromatic carbocycles. The summed E-state index contributed by atoms with van der Waals surface area (Å²) in [5.74, 6) is 0.215. The molecule has 5 heteroatoms. The molecule has 3 heterocycles. The van der Waals surface area contributed by atoms with Crippen LogP contribution in [0.15, 0.2) is 0 Å². The molecule has 2 fully saturated rings. The highest BCUT2D eigenvalue weighted by atomic mass is 32.1. The molecule has 2 saturated heterocycles. The van der Waals surface area contributed by atoms with Crippen LogP contribution in [0.3, 0.4) is 0 Å². The van der Waals surface area contributed by atoms with Crippen LogP contribution in [-0.4, -0.2) is 52.9 Å². The summed E-state index contributed by atoms with van der Waals surface area (Å²) in [6, 6.07) is 0.951. The molecule has 1 amide bonds. The quantitative estimate of drug-likeness (QED) is 0.861. The predicted molar refractivity (Wildman–Crippen MR) is 85.9 cm³/mol. The molecule has 1 aromatic heterocycles. The lowest BCUT2D eigenvalue weighted by molar-refractivity contribution is 0.0668. The Morgan fingerprint density at radius 1 is 1.29 bits per heavy atom. The molecule has 21 heavy (non-hydrogen) atoms. The molecule has 2 atom stereocenters. The van der Waals surface area contributed by atoms with Gasteiger partial charge in [0.2, 0.25) is 0 Å². The molecule has 0 N–H and O–H groups in total. The van der Waals surface area contributed by atoms with Gasteiger partial charge < -0.3 is 9.80 Å². The Morgan fingerprint density at radius 2 is 2.00 bits per heavy atom. The van der Waals surface area contributed by atoms with E-state index in [4.69, 9.17) is 0 Å². The molecule has 4 nitrogen and oxygen atoms in total. The first kappa shape index (κ1) is 15.0. The van der Waals surface area contributed by atoms with Crippen LogP contribution in [0.4, 0.5) is 0 Å². The fourth-order valence-corrected chi connectivity index (χ4v) is 4.76. The zero-order valence-electron chi connectivity index (χ0n) is 13.3. The van der Waals surface area contributed by atoms with E-state index in [2.05, 4.69) is 28.8 Å². The van der Waals surface area contributed by atoms with Crippen LogP contribution in [0.1, 0.15) is 53.0 Å². The van der Waals surface area contributed by atoms with Crippen molar-refractivity contribution in [3.05, 3.63) is 15.6 Å². The highest BCUT2D eigenvalue weighted by Gasteiger charge is 2.39. The summed E-state index contributed by atoms with van der Waals surface area (Å²) in [6.07, 6.45) is 5.69. The monoisotopic (exact) mass is 307 g/mol. The van der Waals surface area contributed by atoms with Crippen molar-refractivity contribution >= 4 is 17.2 Å². The summed E-state index contributed by atoms with van der Waals surface area (Å²) >= 11 is 1.58. The number of hydrogen-bond donors (Lipinski definition) is 0. The largest absolute Gasteiger partial charge is 0.333 e. The fraction of sp³-hybridized carbons (Fsp3) is 0.750. The van der Waals surface area contributed by atoms with Gasteiger partial charge in [0.1, 0.15) is 4.88 Å². The second kappa shape index (κ2) is 6.05. The number of aromatic nitrogens is 1. The summed E-state index contributed by atoms with van der Waals surface area (Å²) in [6.45, 7) is 6.14. The lowest BCUT2D eigenvalue weighted by Crippen LogP contribution is -2.47. The Balaban J connectivity index is 1.81. The van der Waals surface area contributed by atoms with E-state index in [0.29, 0.717) is 12.1 Å². The summed E-state index contributed by atoms with van der Waals surface area (Å²) in [4.78, 5) is 22.9. The van der Waals surface area contributed by atoms with Gasteiger partial charge in [0.15, 0.2) is 0 Å². The van der Waals surface area contributed by atoms with Crippen molar-refractivity contribution in [3.8, 4) is 0 Å². The third kappa shape index (κ3) is 2.73. The smallest absolute Gasteiger partial charge is 0.266 e. The second-order valence-corrected chi connectivity index (χ2v) is 7.36. The summed E-state index contributed by atoms with van der Waals surface area (Å²) < 4.78 is 0. The van der Waals surface area contributed by atoms with Crippen LogP contribution in [0.5, 0.6) is 0 Å². The average molecular weight is 307 g/mol. The third-order valence-corrected chi connectivity index (χ3v) is 6.21. The summed E-state index contributed by atoms with van der Waals surface area (Å²) in [5.41, 5.74) is 0.910. The SMILES string of the molecule is CCc1nc(C)c(C(=O)N2CCC[C@@H]2[C@H]2CCCN2C)s1. The first-order valence-electron chi connectivity index (χ1n) is 8.09. The highest BCUT2D eigenvalue weighted by Crippen LogP contribution is 2.31. The first-order chi connectivity index (χ1) is 10.1. The maximum absolute atomic E-state index is 12.9. The van der Waals surface area contributed by atoms with Crippen LogP contribution in [0.2, 0.25) is 0 Å². The molecule has 0 radical (unpaired) electrons. The molecule has 0 spiro atoms. The number of hydrogen-bond acceptors (Lipinski definition) is 4. The number of amides is 1. The Kier molecular flexibility index (Phi) is 4.31. The van der Waals surface area contributed by atoms with Crippen molar-refractivity contribution < 1.29 is 4.79 Å². The zero-order valence-corrected chi connectivity index (χ0v) is 14.1. The minimum Gasteiger partial charge on any atom is -0.333 e. The van der Waals surface area contributed by atoms with E-state index in [9.17, 15) is 4.79 Å². The Hall–Kier alpha value is -0.940. The van der Waals surface area contributed by atoms with E-state index < -0.39 is 0 Å². The van der Waals surface area contributed by atoms with E-state index in [1.165, 1.54) is 19.4 Å². The first-order valence-corrected chi connectivity index (χ1v) is 8.91. The molecule has 1 aromatic rings. The van der Waals surface area contributed by atoms with E-state index >= 15 is 0 Å². The molecule has 0 saturated carbocycles. The molecule has 0 unspecified atom stereocenters. The normalized spacial score (nSPS) is 26.7. The Morgan fingerprint density at radius 3 is 2.62 bits per heavy atom. The summed E-state index contributed by atoms with van der Waals surface area (Å²) in [7, 11) is 2.20. The lowest BCUT2D eigenvalue weighted by atomic mass is 10.0. The maximum atomic E-state index is 12.9. The summed E-state index contributed by atoms with van der Waals surface area (Å²) in [5, 5.41) is 1.07. The van der Waals surface area contributed by atoms with Crippen molar-refractivity contribution in [1.29, 1.82) is 0 Å². The molecule has 2 aliphatic rings. The number of carbonyl (C=O) groups excluding carboxylic acids is 1. The molecule has 2 aliphatic heterocycles. The maximum Gasteiger partial charge on any atom is 0.266 e. The lowest BCUT2D eigenvalue weighted by Gasteiger charge is -2.33. The van der Waals surface area contributed by atoms with Crippen molar-refractivity contribution in [3.63, 3.8) is 0 Å². The van der Waals surface area contributed by atoms with Gasteiger partial charge in [0.05, 0.1) is 10.7 Å². The Bertz CT molecular complexity index is 528. The molecule has 0 aliphatic carbocycles.